The molecule has 0 radical (unpaired) electrons. The van der Waals surface area contributed by atoms with Gasteiger partial charge in [-0.15, -0.1) is 24.0 Å². The Balaban J connectivity index is 0.00000385. The summed E-state index contributed by atoms with van der Waals surface area (Å²) in [4.78, 5) is 24.2. The number of furan rings is 1. The second-order valence-corrected chi connectivity index (χ2v) is 8.57. The molecule has 33 heavy (non-hydrogen) atoms. The fourth-order valence-corrected chi connectivity index (χ4v) is 4.25. The second-order valence-electron chi connectivity index (χ2n) is 8.57. The predicted octanol–water partition coefficient (Wildman–Crippen LogP) is 2.83. The number of rotatable bonds is 10. The average molecular weight is 576 g/mol. The number of likely N-dealkylation sites (tertiary alicyclic amines) is 1. The summed E-state index contributed by atoms with van der Waals surface area (Å²) >= 11 is 0. The molecule has 188 valence electrons. The number of carbonyl (C=O) groups is 1. The van der Waals surface area contributed by atoms with Crippen LogP contribution in [0.2, 0.25) is 0 Å². The van der Waals surface area contributed by atoms with Gasteiger partial charge in [0.1, 0.15) is 5.76 Å². The zero-order valence-corrected chi connectivity index (χ0v) is 22.5. The van der Waals surface area contributed by atoms with Crippen LogP contribution in [-0.4, -0.2) is 98.7 Å². The number of piperazine rings is 1. The Hall–Kier alpha value is -1.33. The third kappa shape index (κ3) is 10.2. The van der Waals surface area contributed by atoms with Crippen LogP contribution in [0.4, 0.5) is 0 Å². The monoisotopic (exact) mass is 575 g/mol. The molecule has 8 nitrogen and oxygen atoms in total. The molecule has 0 unspecified atom stereocenters. The summed E-state index contributed by atoms with van der Waals surface area (Å²) in [5.74, 6) is 2.22. The van der Waals surface area contributed by atoms with Crippen molar-refractivity contribution in [3.63, 3.8) is 0 Å². The fraction of sp³-hybridized carbons (Fsp3) is 0.750. The first-order chi connectivity index (χ1) is 15.8. The Kier molecular flexibility index (Phi) is 13.8. The van der Waals surface area contributed by atoms with Gasteiger partial charge in [-0.25, -0.2) is 0 Å². The van der Waals surface area contributed by atoms with Crippen LogP contribution in [0.25, 0.3) is 0 Å². The van der Waals surface area contributed by atoms with Gasteiger partial charge in [0.15, 0.2) is 5.96 Å². The number of nitrogens with one attached hydrogen (secondary N) is 1. The highest BCUT2D eigenvalue weighted by molar-refractivity contribution is 14.0. The molecule has 2 saturated heterocycles. The SMILES string of the molecule is CCOCCCN=C(NCCc1ccco1)N1CCN(CC(=O)N2CCCCCC2)CC1.I. The minimum atomic E-state index is 0. The minimum Gasteiger partial charge on any atom is -0.469 e. The van der Waals surface area contributed by atoms with Crippen molar-refractivity contribution in [2.45, 2.75) is 45.4 Å². The van der Waals surface area contributed by atoms with E-state index in [0.717, 1.165) is 103 Å². The van der Waals surface area contributed by atoms with Crippen molar-refractivity contribution in [3.05, 3.63) is 24.2 Å². The lowest BCUT2D eigenvalue weighted by Gasteiger charge is -2.37. The first kappa shape index (κ1) is 27.9. The van der Waals surface area contributed by atoms with Gasteiger partial charge in [-0.2, -0.15) is 0 Å². The number of hydrogen-bond donors (Lipinski definition) is 1. The standard InChI is InChI=1S/C24H41N5O3.HI/c1-2-31-19-8-11-25-24(26-12-10-22-9-7-20-32-22)29-17-15-27(16-18-29)21-23(30)28-13-5-3-4-6-14-28;/h7,9,20H,2-6,8,10-19,21H2,1H3,(H,25,26);1H. The Labute approximate surface area is 216 Å². The highest BCUT2D eigenvalue weighted by Gasteiger charge is 2.23. The van der Waals surface area contributed by atoms with E-state index < -0.39 is 0 Å². The Morgan fingerprint density at radius 2 is 1.85 bits per heavy atom. The molecule has 0 aromatic carbocycles. The number of aliphatic imine (C=N–C) groups is 1. The van der Waals surface area contributed by atoms with Crippen molar-refractivity contribution in [2.75, 3.05) is 72.1 Å². The lowest BCUT2D eigenvalue weighted by atomic mass is 10.2. The third-order valence-corrected chi connectivity index (χ3v) is 6.14. The van der Waals surface area contributed by atoms with Crippen molar-refractivity contribution in [1.29, 1.82) is 0 Å². The largest absolute Gasteiger partial charge is 0.469 e. The Morgan fingerprint density at radius 1 is 1.09 bits per heavy atom. The summed E-state index contributed by atoms with van der Waals surface area (Å²) in [5, 5.41) is 3.51. The van der Waals surface area contributed by atoms with Gasteiger partial charge in [0.2, 0.25) is 5.91 Å². The van der Waals surface area contributed by atoms with E-state index in [9.17, 15) is 4.79 Å². The molecular formula is C24H42IN5O3. The first-order valence-electron chi connectivity index (χ1n) is 12.4. The molecule has 3 heterocycles. The summed E-state index contributed by atoms with van der Waals surface area (Å²) in [6.07, 6.45) is 8.25. The molecule has 1 aromatic rings. The molecule has 1 N–H and O–H groups in total. The number of amides is 1. The van der Waals surface area contributed by atoms with Gasteiger partial charge in [0, 0.05) is 72.0 Å². The number of nitrogens with zero attached hydrogens (tertiary/aromatic N) is 4. The fourth-order valence-electron chi connectivity index (χ4n) is 4.25. The van der Waals surface area contributed by atoms with Crippen molar-refractivity contribution in [1.82, 2.24) is 20.0 Å². The topological polar surface area (TPSA) is 73.5 Å². The van der Waals surface area contributed by atoms with Gasteiger partial charge in [0.25, 0.3) is 0 Å². The van der Waals surface area contributed by atoms with Gasteiger partial charge in [-0.3, -0.25) is 14.7 Å². The molecule has 0 spiro atoms. The highest BCUT2D eigenvalue weighted by Crippen LogP contribution is 2.11. The van der Waals surface area contributed by atoms with Crippen LogP contribution in [-0.2, 0) is 16.0 Å². The van der Waals surface area contributed by atoms with Gasteiger partial charge in [-0.1, -0.05) is 12.8 Å². The third-order valence-electron chi connectivity index (χ3n) is 6.14. The maximum absolute atomic E-state index is 12.7. The first-order valence-corrected chi connectivity index (χ1v) is 12.4. The average Bonchev–Trinajstić information content (AvgIpc) is 3.17. The summed E-state index contributed by atoms with van der Waals surface area (Å²) in [6.45, 7) is 11.0. The molecule has 2 aliphatic heterocycles. The van der Waals surface area contributed by atoms with Crippen LogP contribution >= 0.6 is 24.0 Å². The predicted molar refractivity (Wildman–Crippen MR) is 142 cm³/mol. The molecule has 0 bridgehead atoms. The summed E-state index contributed by atoms with van der Waals surface area (Å²) in [5.41, 5.74) is 0. The number of guanidine groups is 1. The number of carbonyl (C=O) groups excluding carboxylic acids is 1. The summed E-state index contributed by atoms with van der Waals surface area (Å²) in [6, 6.07) is 3.92. The number of ether oxygens (including phenoxy) is 1. The molecule has 1 amide bonds. The molecular weight excluding hydrogens is 533 g/mol. The van der Waals surface area contributed by atoms with E-state index in [0.29, 0.717) is 12.5 Å². The van der Waals surface area contributed by atoms with Crippen molar-refractivity contribution in [3.8, 4) is 0 Å². The zero-order chi connectivity index (χ0) is 22.4. The molecule has 9 heteroatoms. The minimum absolute atomic E-state index is 0. The van der Waals surface area contributed by atoms with E-state index in [4.69, 9.17) is 14.1 Å². The highest BCUT2D eigenvalue weighted by atomic mass is 127. The molecule has 2 aliphatic rings. The molecule has 0 aliphatic carbocycles. The van der Waals surface area contributed by atoms with Gasteiger partial charge in [-0.05, 0) is 38.3 Å². The van der Waals surface area contributed by atoms with Crippen LogP contribution in [0.15, 0.2) is 27.8 Å². The van der Waals surface area contributed by atoms with E-state index in [-0.39, 0.29) is 24.0 Å². The van der Waals surface area contributed by atoms with Crippen molar-refractivity contribution in [2.24, 2.45) is 4.99 Å². The lowest BCUT2D eigenvalue weighted by Crippen LogP contribution is -2.54. The van der Waals surface area contributed by atoms with Gasteiger partial charge in [0.05, 0.1) is 12.8 Å². The van der Waals surface area contributed by atoms with Gasteiger partial charge >= 0.3 is 0 Å². The van der Waals surface area contributed by atoms with E-state index in [1.807, 2.05) is 19.1 Å². The zero-order valence-electron chi connectivity index (χ0n) is 20.2. The van der Waals surface area contributed by atoms with Gasteiger partial charge < -0.3 is 24.3 Å². The molecule has 2 fully saturated rings. The van der Waals surface area contributed by atoms with Crippen LogP contribution in [0.5, 0.6) is 0 Å². The van der Waals surface area contributed by atoms with E-state index in [2.05, 4.69) is 20.0 Å². The quantitative estimate of drug-likeness (QED) is 0.200. The maximum atomic E-state index is 12.7. The maximum Gasteiger partial charge on any atom is 0.236 e. The van der Waals surface area contributed by atoms with Crippen molar-refractivity contribution >= 4 is 35.8 Å². The molecule has 0 saturated carbocycles. The number of hydrogen-bond acceptors (Lipinski definition) is 5. The smallest absolute Gasteiger partial charge is 0.236 e. The molecule has 3 rings (SSSR count). The van der Waals surface area contributed by atoms with E-state index in [1.165, 1.54) is 12.8 Å². The normalized spacial score (nSPS) is 18.0. The second kappa shape index (κ2) is 16.3. The summed E-state index contributed by atoms with van der Waals surface area (Å²) in [7, 11) is 0. The summed E-state index contributed by atoms with van der Waals surface area (Å²) < 4.78 is 10.9. The van der Waals surface area contributed by atoms with E-state index >= 15 is 0 Å². The van der Waals surface area contributed by atoms with Crippen LogP contribution in [0.1, 0.15) is 44.8 Å². The molecule has 0 atom stereocenters. The van der Waals surface area contributed by atoms with Crippen LogP contribution < -0.4 is 5.32 Å². The van der Waals surface area contributed by atoms with Crippen LogP contribution in [0, 0.1) is 0 Å². The number of halogens is 1. The van der Waals surface area contributed by atoms with Crippen molar-refractivity contribution < 1.29 is 13.9 Å². The Morgan fingerprint density at radius 3 is 2.52 bits per heavy atom. The lowest BCUT2D eigenvalue weighted by molar-refractivity contribution is -0.132. The Bertz CT molecular complexity index is 670. The molecule has 1 aromatic heterocycles. The van der Waals surface area contributed by atoms with E-state index in [1.54, 1.807) is 6.26 Å². The van der Waals surface area contributed by atoms with Crippen LogP contribution in [0.3, 0.4) is 0 Å².